The molecule has 0 bridgehead atoms. The van der Waals surface area contributed by atoms with Crippen LogP contribution in [-0.2, 0) is 0 Å². The molecule has 0 amide bonds. The standard InChI is InChI=1S/C13H13BrS/c1-10(11-6-3-2-4-7-11)13(14)12-8-5-9-15-12/h2-10,13H,1H3. The van der Waals surface area contributed by atoms with Crippen molar-refractivity contribution in [1.29, 1.82) is 0 Å². The van der Waals surface area contributed by atoms with Gasteiger partial charge >= 0.3 is 0 Å². The van der Waals surface area contributed by atoms with Crippen LogP contribution in [0, 0.1) is 0 Å². The van der Waals surface area contributed by atoms with Gasteiger partial charge in [-0.15, -0.1) is 11.3 Å². The lowest BCUT2D eigenvalue weighted by Crippen LogP contribution is -1.99. The van der Waals surface area contributed by atoms with Gasteiger partial charge in [0.1, 0.15) is 0 Å². The molecule has 0 N–H and O–H groups in total. The quantitative estimate of drug-likeness (QED) is 0.695. The summed E-state index contributed by atoms with van der Waals surface area (Å²) in [7, 11) is 0. The summed E-state index contributed by atoms with van der Waals surface area (Å²) in [5, 5.41) is 2.13. The van der Waals surface area contributed by atoms with Gasteiger partial charge in [0.05, 0.1) is 4.83 Å². The number of hydrogen-bond acceptors (Lipinski definition) is 1. The predicted octanol–water partition coefficient (Wildman–Crippen LogP) is 4.99. The van der Waals surface area contributed by atoms with Gasteiger partial charge in [-0.05, 0) is 22.9 Å². The molecule has 2 unspecified atom stereocenters. The molecule has 0 aliphatic rings. The van der Waals surface area contributed by atoms with Crippen LogP contribution in [0.1, 0.15) is 28.1 Å². The van der Waals surface area contributed by atoms with Gasteiger partial charge in [-0.25, -0.2) is 0 Å². The molecule has 0 nitrogen and oxygen atoms in total. The Morgan fingerprint density at radius 2 is 1.80 bits per heavy atom. The van der Waals surface area contributed by atoms with E-state index < -0.39 is 0 Å². The monoisotopic (exact) mass is 280 g/mol. The van der Waals surface area contributed by atoms with Crippen LogP contribution in [0.3, 0.4) is 0 Å². The second-order valence-electron chi connectivity index (χ2n) is 3.62. The van der Waals surface area contributed by atoms with Gasteiger partial charge in [0, 0.05) is 4.88 Å². The maximum Gasteiger partial charge on any atom is 0.0554 e. The average Bonchev–Trinajstić information content (AvgIpc) is 2.82. The molecule has 0 saturated heterocycles. The molecule has 15 heavy (non-hydrogen) atoms. The van der Waals surface area contributed by atoms with Gasteiger partial charge in [0.2, 0.25) is 0 Å². The molecule has 0 aliphatic heterocycles. The summed E-state index contributed by atoms with van der Waals surface area (Å²) >= 11 is 5.58. The Balaban J connectivity index is 2.18. The molecule has 2 aromatic rings. The molecule has 2 rings (SSSR count). The Bertz CT molecular complexity index is 394. The topological polar surface area (TPSA) is 0 Å². The SMILES string of the molecule is CC(c1ccccc1)C(Br)c1cccs1. The molecule has 0 spiro atoms. The summed E-state index contributed by atoms with van der Waals surface area (Å²) < 4.78 is 0. The van der Waals surface area contributed by atoms with Gasteiger partial charge in [0.15, 0.2) is 0 Å². The summed E-state index contributed by atoms with van der Waals surface area (Å²) in [5.74, 6) is 0.504. The third-order valence-corrected chi connectivity index (χ3v) is 5.12. The molecule has 1 aromatic carbocycles. The van der Waals surface area contributed by atoms with Crippen LogP contribution in [-0.4, -0.2) is 0 Å². The van der Waals surface area contributed by atoms with E-state index in [2.05, 4.69) is 70.7 Å². The fraction of sp³-hybridized carbons (Fsp3) is 0.231. The predicted molar refractivity (Wildman–Crippen MR) is 70.8 cm³/mol. The first-order valence-electron chi connectivity index (χ1n) is 5.01. The first-order valence-corrected chi connectivity index (χ1v) is 6.81. The van der Waals surface area contributed by atoms with Gasteiger partial charge in [-0.3, -0.25) is 0 Å². The number of halogens is 1. The highest BCUT2D eigenvalue weighted by molar-refractivity contribution is 9.09. The number of hydrogen-bond donors (Lipinski definition) is 0. The molecule has 2 heteroatoms. The largest absolute Gasteiger partial charge is 0.148 e. The summed E-state index contributed by atoms with van der Waals surface area (Å²) in [4.78, 5) is 1.81. The van der Waals surface area contributed by atoms with Gasteiger partial charge in [-0.2, -0.15) is 0 Å². The molecular weight excluding hydrogens is 268 g/mol. The number of alkyl halides is 1. The third-order valence-electron chi connectivity index (χ3n) is 2.58. The van der Waals surface area contributed by atoms with Crippen LogP contribution in [0.25, 0.3) is 0 Å². The van der Waals surface area contributed by atoms with E-state index in [1.54, 1.807) is 0 Å². The van der Waals surface area contributed by atoms with Crippen LogP contribution in [0.5, 0.6) is 0 Å². The first-order chi connectivity index (χ1) is 7.29. The van der Waals surface area contributed by atoms with Crippen molar-refractivity contribution in [1.82, 2.24) is 0 Å². The highest BCUT2D eigenvalue weighted by atomic mass is 79.9. The number of rotatable bonds is 3. The smallest absolute Gasteiger partial charge is 0.0554 e. The minimum Gasteiger partial charge on any atom is -0.148 e. The van der Waals surface area contributed by atoms with E-state index in [-0.39, 0.29) is 0 Å². The minimum atomic E-state index is 0.417. The Morgan fingerprint density at radius 3 is 2.40 bits per heavy atom. The third kappa shape index (κ3) is 2.50. The van der Waals surface area contributed by atoms with E-state index in [1.165, 1.54) is 10.4 Å². The highest BCUT2D eigenvalue weighted by Gasteiger charge is 2.18. The molecule has 0 fully saturated rings. The van der Waals surface area contributed by atoms with E-state index in [1.807, 2.05) is 11.3 Å². The van der Waals surface area contributed by atoms with Crippen molar-refractivity contribution < 1.29 is 0 Å². The van der Waals surface area contributed by atoms with E-state index in [0.717, 1.165) is 0 Å². The highest BCUT2D eigenvalue weighted by Crippen LogP contribution is 2.39. The van der Waals surface area contributed by atoms with Gasteiger partial charge in [-0.1, -0.05) is 59.3 Å². The summed E-state index contributed by atoms with van der Waals surface area (Å²) in [6.45, 7) is 2.26. The van der Waals surface area contributed by atoms with Gasteiger partial charge < -0.3 is 0 Å². The lowest BCUT2D eigenvalue weighted by Gasteiger charge is -2.17. The Hall–Kier alpha value is -0.600. The molecule has 78 valence electrons. The second-order valence-corrected chi connectivity index (χ2v) is 5.58. The molecule has 0 aliphatic carbocycles. The fourth-order valence-corrected chi connectivity index (χ4v) is 3.21. The fourth-order valence-electron chi connectivity index (χ4n) is 1.62. The molecule has 1 heterocycles. The lowest BCUT2D eigenvalue weighted by atomic mass is 9.97. The summed E-state index contributed by atoms with van der Waals surface area (Å²) in [6, 6.07) is 14.9. The van der Waals surface area contributed by atoms with Crippen molar-refractivity contribution >= 4 is 27.3 Å². The van der Waals surface area contributed by atoms with Crippen molar-refractivity contribution in [2.24, 2.45) is 0 Å². The van der Waals surface area contributed by atoms with Crippen LogP contribution in [0.4, 0.5) is 0 Å². The van der Waals surface area contributed by atoms with Crippen molar-refractivity contribution in [3.05, 3.63) is 58.3 Å². The van der Waals surface area contributed by atoms with Crippen LogP contribution in [0.2, 0.25) is 0 Å². The number of benzene rings is 1. The molecule has 2 atom stereocenters. The van der Waals surface area contributed by atoms with E-state index in [9.17, 15) is 0 Å². The molecule has 0 saturated carbocycles. The van der Waals surface area contributed by atoms with Crippen LogP contribution < -0.4 is 0 Å². The van der Waals surface area contributed by atoms with Crippen molar-refractivity contribution in [3.8, 4) is 0 Å². The van der Waals surface area contributed by atoms with Crippen molar-refractivity contribution in [3.63, 3.8) is 0 Å². The maximum absolute atomic E-state index is 3.78. The second kappa shape index (κ2) is 4.95. The zero-order chi connectivity index (χ0) is 10.7. The average molecular weight is 281 g/mol. The minimum absolute atomic E-state index is 0.417. The van der Waals surface area contributed by atoms with Crippen LogP contribution >= 0.6 is 27.3 Å². The summed E-state index contributed by atoms with van der Waals surface area (Å²) in [5.41, 5.74) is 1.38. The van der Waals surface area contributed by atoms with Crippen molar-refractivity contribution in [2.75, 3.05) is 0 Å². The maximum atomic E-state index is 3.78. The van der Waals surface area contributed by atoms with Crippen LogP contribution in [0.15, 0.2) is 47.8 Å². The molecule has 0 radical (unpaired) electrons. The van der Waals surface area contributed by atoms with Gasteiger partial charge in [0.25, 0.3) is 0 Å². The first kappa shape index (κ1) is 10.9. The van der Waals surface area contributed by atoms with E-state index >= 15 is 0 Å². The zero-order valence-electron chi connectivity index (χ0n) is 8.56. The van der Waals surface area contributed by atoms with E-state index in [0.29, 0.717) is 10.7 Å². The Kier molecular flexibility index (Phi) is 3.60. The van der Waals surface area contributed by atoms with Crippen molar-refractivity contribution in [2.45, 2.75) is 17.7 Å². The van der Waals surface area contributed by atoms with E-state index in [4.69, 9.17) is 0 Å². The summed E-state index contributed by atoms with van der Waals surface area (Å²) in [6.07, 6.45) is 0. The molecule has 1 aromatic heterocycles. The number of thiophene rings is 1. The lowest BCUT2D eigenvalue weighted by molar-refractivity contribution is 0.761. The Morgan fingerprint density at radius 1 is 1.07 bits per heavy atom. The normalized spacial score (nSPS) is 14.8. The zero-order valence-corrected chi connectivity index (χ0v) is 11.0. The Labute approximate surface area is 103 Å². The molecular formula is C13H13BrS.